The Kier molecular flexibility index (Phi) is 7.42. The molecule has 0 atom stereocenters. The van der Waals surface area contributed by atoms with Crippen LogP contribution in [0.15, 0.2) is 79.4 Å². The minimum absolute atomic E-state index is 0.304. The van der Waals surface area contributed by atoms with Crippen molar-refractivity contribution >= 4 is 0 Å². The number of halogens is 1. The Bertz CT molecular complexity index is 1010. The van der Waals surface area contributed by atoms with Crippen molar-refractivity contribution in [1.82, 2.24) is 0 Å². The van der Waals surface area contributed by atoms with Crippen molar-refractivity contribution in [2.75, 3.05) is 6.61 Å². The molecule has 0 N–H and O–H groups in total. The van der Waals surface area contributed by atoms with Crippen molar-refractivity contribution in [3.05, 3.63) is 90.8 Å². The molecular weight excluding hydrogens is 395 g/mol. The molecule has 0 amide bonds. The molecule has 0 aromatic heterocycles. The van der Waals surface area contributed by atoms with E-state index in [4.69, 9.17) is 4.74 Å². The van der Waals surface area contributed by atoms with Gasteiger partial charge in [0.1, 0.15) is 0 Å². The zero-order valence-corrected chi connectivity index (χ0v) is 19.0. The van der Waals surface area contributed by atoms with Crippen LogP contribution in [-0.2, 0) is 0 Å². The van der Waals surface area contributed by atoms with Crippen LogP contribution in [0.5, 0.6) is 5.75 Å². The van der Waals surface area contributed by atoms with Gasteiger partial charge < -0.3 is 4.74 Å². The van der Waals surface area contributed by atoms with Gasteiger partial charge in [-0.2, -0.15) is 0 Å². The SMILES string of the molecule is C=CCCC1CCC(c2ccc(-c3ccc(-c4ccc(OCC)c(F)c4)cc3)cc2)CC1. The molecule has 2 heteroatoms. The molecule has 166 valence electrons. The summed E-state index contributed by atoms with van der Waals surface area (Å²) in [5, 5.41) is 0. The molecule has 0 spiro atoms. The zero-order valence-electron chi connectivity index (χ0n) is 19.0. The van der Waals surface area contributed by atoms with E-state index in [1.807, 2.05) is 19.1 Å². The van der Waals surface area contributed by atoms with Gasteiger partial charge in [-0.15, -0.1) is 6.58 Å². The normalized spacial score (nSPS) is 18.3. The molecule has 0 aliphatic heterocycles. The van der Waals surface area contributed by atoms with Crippen molar-refractivity contribution in [2.45, 2.75) is 51.4 Å². The molecule has 0 heterocycles. The van der Waals surface area contributed by atoms with Crippen molar-refractivity contribution in [2.24, 2.45) is 5.92 Å². The second-order valence-corrected chi connectivity index (χ2v) is 8.86. The van der Waals surface area contributed by atoms with Crippen LogP contribution in [0.3, 0.4) is 0 Å². The van der Waals surface area contributed by atoms with Crippen molar-refractivity contribution < 1.29 is 9.13 Å². The minimum Gasteiger partial charge on any atom is -0.491 e. The Balaban J connectivity index is 1.40. The Morgan fingerprint density at radius 2 is 1.41 bits per heavy atom. The lowest BCUT2D eigenvalue weighted by molar-refractivity contribution is 0.312. The second-order valence-electron chi connectivity index (χ2n) is 8.86. The van der Waals surface area contributed by atoms with E-state index in [9.17, 15) is 4.39 Å². The number of benzene rings is 3. The molecule has 0 saturated heterocycles. The van der Waals surface area contributed by atoms with E-state index in [0.29, 0.717) is 18.3 Å². The lowest BCUT2D eigenvalue weighted by Gasteiger charge is -2.28. The Labute approximate surface area is 192 Å². The van der Waals surface area contributed by atoms with Gasteiger partial charge in [0.15, 0.2) is 11.6 Å². The highest BCUT2D eigenvalue weighted by Gasteiger charge is 2.21. The van der Waals surface area contributed by atoms with Gasteiger partial charge in [-0.25, -0.2) is 4.39 Å². The van der Waals surface area contributed by atoms with Gasteiger partial charge in [0.2, 0.25) is 0 Å². The summed E-state index contributed by atoms with van der Waals surface area (Å²) in [7, 11) is 0. The largest absolute Gasteiger partial charge is 0.491 e. The van der Waals surface area contributed by atoms with E-state index in [1.54, 1.807) is 12.1 Å². The van der Waals surface area contributed by atoms with Crippen LogP contribution in [0.2, 0.25) is 0 Å². The van der Waals surface area contributed by atoms with Crippen LogP contribution in [-0.4, -0.2) is 6.61 Å². The summed E-state index contributed by atoms with van der Waals surface area (Å²) in [5.74, 6) is 1.56. The molecule has 0 bridgehead atoms. The number of rotatable bonds is 8. The Morgan fingerprint density at radius 3 is 1.97 bits per heavy atom. The lowest BCUT2D eigenvalue weighted by Crippen LogP contribution is -2.13. The smallest absolute Gasteiger partial charge is 0.165 e. The van der Waals surface area contributed by atoms with Crippen LogP contribution >= 0.6 is 0 Å². The van der Waals surface area contributed by atoms with Gasteiger partial charge in [0, 0.05) is 0 Å². The van der Waals surface area contributed by atoms with Crippen LogP contribution in [0.25, 0.3) is 22.3 Å². The van der Waals surface area contributed by atoms with Crippen molar-refractivity contribution in [3.8, 4) is 28.0 Å². The maximum absolute atomic E-state index is 14.2. The van der Waals surface area contributed by atoms with Gasteiger partial charge in [0.05, 0.1) is 6.61 Å². The van der Waals surface area contributed by atoms with Crippen molar-refractivity contribution in [3.63, 3.8) is 0 Å². The first-order chi connectivity index (χ1) is 15.7. The van der Waals surface area contributed by atoms with E-state index in [-0.39, 0.29) is 5.82 Å². The molecule has 0 radical (unpaired) electrons. The zero-order chi connectivity index (χ0) is 22.3. The number of allylic oxidation sites excluding steroid dienone is 1. The maximum atomic E-state index is 14.2. The Morgan fingerprint density at radius 1 is 0.844 bits per heavy atom. The second kappa shape index (κ2) is 10.6. The summed E-state index contributed by atoms with van der Waals surface area (Å²) >= 11 is 0. The van der Waals surface area contributed by atoms with Crippen LogP contribution in [0, 0.1) is 11.7 Å². The molecule has 1 aliphatic rings. The van der Waals surface area contributed by atoms with Gasteiger partial charge in [-0.05, 0) is 97.2 Å². The number of hydrogen-bond acceptors (Lipinski definition) is 1. The van der Waals surface area contributed by atoms with Gasteiger partial charge in [-0.1, -0.05) is 60.7 Å². The quantitative estimate of drug-likeness (QED) is 0.326. The van der Waals surface area contributed by atoms with Crippen molar-refractivity contribution in [1.29, 1.82) is 0 Å². The highest BCUT2D eigenvalue weighted by atomic mass is 19.1. The summed E-state index contributed by atoms with van der Waals surface area (Å²) < 4.78 is 19.5. The molecule has 1 saturated carbocycles. The predicted molar refractivity (Wildman–Crippen MR) is 133 cm³/mol. The topological polar surface area (TPSA) is 9.23 Å². The van der Waals surface area contributed by atoms with E-state index in [0.717, 1.165) is 23.5 Å². The standard InChI is InChI=1S/C30H33FO/c1-3-5-6-22-7-9-23(10-8-22)24-11-13-25(14-12-24)26-15-17-27(18-16-26)28-19-20-30(32-4-2)29(31)21-28/h3,11-23H,1,4-10H2,2H3. The molecule has 0 unspecified atom stereocenters. The summed E-state index contributed by atoms with van der Waals surface area (Å²) in [6.07, 6.45) is 9.78. The van der Waals surface area contributed by atoms with Gasteiger partial charge >= 0.3 is 0 Å². The fourth-order valence-corrected chi connectivity index (χ4v) is 4.89. The highest BCUT2D eigenvalue weighted by molar-refractivity contribution is 5.71. The third kappa shape index (κ3) is 5.30. The summed E-state index contributed by atoms with van der Waals surface area (Å²) in [4.78, 5) is 0. The van der Waals surface area contributed by atoms with Crippen LogP contribution in [0.1, 0.15) is 56.9 Å². The summed E-state index contributed by atoms with van der Waals surface area (Å²) in [5.41, 5.74) is 5.73. The molecule has 1 nitrogen and oxygen atoms in total. The molecule has 4 rings (SSSR count). The third-order valence-corrected chi connectivity index (χ3v) is 6.79. The first kappa shape index (κ1) is 22.3. The first-order valence-electron chi connectivity index (χ1n) is 11.9. The summed E-state index contributed by atoms with van der Waals surface area (Å²) in [6.45, 7) is 6.17. The number of ether oxygens (including phenoxy) is 1. The molecular formula is C30H33FO. The lowest BCUT2D eigenvalue weighted by atomic mass is 9.77. The molecule has 32 heavy (non-hydrogen) atoms. The average Bonchev–Trinajstić information content (AvgIpc) is 2.85. The van der Waals surface area contributed by atoms with E-state index < -0.39 is 0 Å². The molecule has 3 aromatic rings. The van der Waals surface area contributed by atoms with Gasteiger partial charge in [0.25, 0.3) is 0 Å². The average molecular weight is 429 g/mol. The number of hydrogen-bond donors (Lipinski definition) is 0. The fraction of sp³-hybridized carbons (Fsp3) is 0.333. The highest BCUT2D eigenvalue weighted by Crippen LogP contribution is 2.38. The molecule has 1 fully saturated rings. The monoisotopic (exact) mass is 428 g/mol. The maximum Gasteiger partial charge on any atom is 0.165 e. The molecule has 1 aliphatic carbocycles. The van der Waals surface area contributed by atoms with E-state index >= 15 is 0 Å². The first-order valence-corrected chi connectivity index (χ1v) is 11.9. The Hall–Kier alpha value is -2.87. The molecule has 3 aromatic carbocycles. The van der Waals surface area contributed by atoms with E-state index in [1.165, 1.54) is 48.8 Å². The van der Waals surface area contributed by atoms with E-state index in [2.05, 4.69) is 55.1 Å². The third-order valence-electron chi connectivity index (χ3n) is 6.79. The summed E-state index contributed by atoms with van der Waals surface area (Å²) in [6, 6.07) is 22.6. The fourth-order valence-electron chi connectivity index (χ4n) is 4.89. The minimum atomic E-state index is -0.321. The predicted octanol–water partition coefficient (Wildman–Crippen LogP) is 8.80. The van der Waals surface area contributed by atoms with Crippen LogP contribution < -0.4 is 4.74 Å². The van der Waals surface area contributed by atoms with Crippen LogP contribution in [0.4, 0.5) is 4.39 Å². The van der Waals surface area contributed by atoms with Gasteiger partial charge in [-0.3, -0.25) is 0 Å².